The molecule has 0 radical (unpaired) electrons. The summed E-state index contributed by atoms with van der Waals surface area (Å²) in [6.07, 6.45) is 0. The molecule has 0 unspecified atom stereocenters. The maximum atomic E-state index is 13.0. The van der Waals surface area contributed by atoms with E-state index in [1.165, 1.54) is 12.1 Å². The maximum Gasteiger partial charge on any atom is 0.222 e. The molecule has 6 nitrogen and oxygen atoms in total. The highest BCUT2D eigenvalue weighted by atomic mass is 19.1. The molecule has 0 atom stereocenters. The van der Waals surface area contributed by atoms with Crippen LogP contribution in [-0.4, -0.2) is 56.0 Å². The van der Waals surface area contributed by atoms with E-state index in [-0.39, 0.29) is 17.6 Å². The normalized spacial score (nSPS) is 15.8. The van der Waals surface area contributed by atoms with Crippen LogP contribution in [0.15, 0.2) is 29.3 Å². The zero-order chi connectivity index (χ0) is 17.5. The number of guanidine groups is 1. The van der Waals surface area contributed by atoms with Crippen molar-refractivity contribution >= 4 is 17.6 Å². The minimum Gasteiger partial charge on any atom is -0.370 e. The third-order valence-corrected chi connectivity index (χ3v) is 4.00. The minimum atomic E-state index is -0.224. The Balaban J connectivity index is 1.75. The number of anilines is 1. The predicted molar refractivity (Wildman–Crippen MR) is 94.5 cm³/mol. The molecular weight excluding hydrogens is 309 g/mol. The molecule has 7 heteroatoms. The number of benzene rings is 1. The number of nitrogens with zero attached hydrogens (tertiary/aromatic N) is 3. The van der Waals surface area contributed by atoms with Crippen molar-refractivity contribution in [2.24, 2.45) is 16.6 Å². The van der Waals surface area contributed by atoms with Crippen LogP contribution in [0.3, 0.4) is 0 Å². The first kappa shape index (κ1) is 18.0. The number of rotatable bonds is 5. The quantitative estimate of drug-likeness (QED) is 0.479. The third-order valence-electron chi connectivity index (χ3n) is 4.00. The zero-order valence-electron chi connectivity index (χ0n) is 14.3. The number of amides is 1. The fourth-order valence-electron chi connectivity index (χ4n) is 2.50. The highest BCUT2D eigenvalue weighted by Crippen LogP contribution is 2.16. The Labute approximate surface area is 142 Å². The van der Waals surface area contributed by atoms with E-state index in [9.17, 15) is 9.18 Å². The molecule has 1 heterocycles. The van der Waals surface area contributed by atoms with Crippen LogP contribution in [0.25, 0.3) is 0 Å². The molecule has 2 rings (SSSR count). The van der Waals surface area contributed by atoms with Crippen molar-refractivity contribution in [3.63, 3.8) is 0 Å². The first-order chi connectivity index (χ1) is 11.5. The Morgan fingerprint density at radius 3 is 2.46 bits per heavy atom. The topological polar surface area (TPSA) is 74.0 Å². The molecule has 0 aromatic heterocycles. The van der Waals surface area contributed by atoms with Crippen LogP contribution in [-0.2, 0) is 4.79 Å². The average Bonchev–Trinajstić information content (AvgIpc) is 2.59. The monoisotopic (exact) mass is 335 g/mol. The van der Waals surface area contributed by atoms with Gasteiger partial charge in [-0.15, -0.1) is 0 Å². The van der Waals surface area contributed by atoms with E-state index in [4.69, 9.17) is 5.73 Å². The van der Waals surface area contributed by atoms with Gasteiger partial charge in [-0.25, -0.2) is 4.39 Å². The van der Waals surface area contributed by atoms with Crippen molar-refractivity contribution in [2.75, 3.05) is 44.2 Å². The summed E-state index contributed by atoms with van der Waals surface area (Å²) in [4.78, 5) is 20.0. The highest BCUT2D eigenvalue weighted by Gasteiger charge is 2.18. The van der Waals surface area contributed by atoms with E-state index >= 15 is 0 Å². The summed E-state index contributed by atoms with van der Waals surface area (Å²) in [5, 5.41) is 2.81. The molecule has 1 aliphatic heterocycles. The fourth-order valence-corrected chi connectivity index (χ4v) is 2.50. The summed E-state index contributed by atoms with van der Waals surface area (Å²) < 4.78 is 13.0. The fraction of sp³-hybridized carbons (Fsp3) is 0.529. The largest absolute Gasteiger partial charge is 0.370 e. The lowest BCUT2D eigenvalue weighted by Gasteiger charge is -2.36. The van der Waals surface area contributed by atoms with Crippen LogP contribution in [0.5, 0.6) is 0 Å². The maximum absolute atomic E-state index is 13.0. The predicted octanol–water partition coefficient (Wildman–Crippen LogP) is 1.03. The van der Waals surface area contributed by atoms with Gasteiger partial charge in [0, 0.05) is 44.3 Å². The number of hydrogen-bond acceptors (Lipinski definition) is 3. The molecular formula is C17H26FN5O. The molecule has 3 N–H and O–H groups in total. The van der Waals surface area contributed by atoms with E-state index in [0.717, 1.165) is 31.9 Å². The number of hydrogen-bond donors (Lipinski definition) is 2. The Bertz CT molecular complexity index is 565. The molecule has 0 aliphatic carbocycles. The number of piperazine rings is 1. The van der Waals surface area contributed by atoms with Gasteiger partial charge in [0.15, 0.2) is 5.96 Å². The minimum absolute atomic E-state index is 0.0223. The Hall–Kier alpha value is -2.31. The number of halogens is 1. The van der Waals surface area contributed by atoms with Gasteiger partial charge < -0.3 is 20.9 Å². The summed E-state index contributed by atoms with van der Waals surface area (Å²) in [5.74, 6) is 0.286. The lowest BCUT2D eigenvalue weighted by Crippen LogP contribution is -2.51. The van der Waals surface area contributed by atoms with Crippen molar-refractivity contribution < 1.29 is 9.18 Å². The highest BCUT2D eigenvalue weighted by molar-refractivity contribution is 5.79. The summed E-state index contributed by atoms with van der Waals surface area (Å²) in [6.45, 7) is 7.84. The van der Waals surface area contributed by atoms with E-state index in [1.54, 1.807) is 12.1 Å². The molecule has 24 heavy (non-hydrogen) atoms. The molecule has 1 aromatic carbocycles. The zero-order valence-corrected chi connectivity index (χ0v) is 14.3. The Morgan fingerprint density at radius 1 is 1.25 bits per heavy atom. The van der Waals surface area contributed by atoms with E-state index < -0.39 is 0 Å². The summed E-state index contributed by atoms with van der Waals surface area (Å²) in [7, 11) is 0. The molecule has 1 aromatic rings. The molecule has 1 saturated heterocycles. The van der Waals surface area contributed by atoms with Crippen molar-refractivity contribution in [2.45, 2.75) is 13.8 Å². The van der Waals surface area contributed by atoms with Gasteiger partial charge in [-0.05, 0) is 24.3 Å². The van der Waals surface area contributed by atoms with Gasteiger partial charge in [0.25, 0.3) is 0 Å². The lowest BCUT2D eigenvalue weighted by molar-refractivity contribution is -0.123. The molecule has 1 aliphatic rings. The Kier molecular flexibility index (Phi) is 6.40. The molecule has 0 bridgehead atoms. The van der Waals surface area contributed by atoms with Crippen molar-refractivity contribution in [3.8, 4) is 0 Å². The first-order valence-electron chi connectivity index (χ1n) is 8.30. The van der Waals surface area contributed by atoms with Crippen LogP contribution < -0.4 is 16.0 Å². The van der Waals surface area contributed by atoms with Gasteiger partial charge in [0.1, 0.15) is 5.82 Å². The van der Waals surface area contributed by atoms with E-state index in [2.05, 4.69) is 15.2 Å². The van der Waals surface area contributed by atoms with Crippen LogP contribution >= 0.6 is 0 Å². The Morgan fingerprint density at radius 2 is 1.88 bits per heavy atom. The number of nitrogens with one attached hydrogen (secondary N) is 1. The van der Waals surface area contributed by atoms with Crippen molar-refractivity contribution in [3.05, 3.63) is 30.1 Å². The van der Waals surface area contributed by atoms with Gasteiger partial charge in [-0.2, -0.15) is 0 Å². The summed E-state index contributed by atoms with van der Waals surface area (Å²) in [5.41, 5.74) is 7.04. The van der Waals surface area contributed by atoms with Crippen molar-refractivity contribution in [1.29, 1.82) is 0 Å². The molecule has 132 valence electrons. The van der Waals surface area contributed by atoms with Crippen molar-refractivity contribution in [1.82, 2.24) is 10.2 Å². The average molecular weight is 335 g/mol. The SMILES string of the molecule is CC(C)C(=O)NCCN=C(N)N1CCN(c2ccc(F)cc2)CC1. The van der Waals surface area contributed by atoms with Gasteiger partial charge in [-0.1, -0.05) is 13.8 Å². The van der Waals surface area contributed by atoms with E-state index in [1.807, 2.05) is 18.7 Å². The van der Waals surface area contributed by atoms with Gasteiger partial charge in [0.05, 0.1) is 6.54 Å². The summed E-state index contributed by atoms with van der Waals surface area (Å²) in [6, 6.07) is 6.53. The molecule has 0 spiro atoms. The molecule has 1 amide bonds. The molecule has 0 saturated carbocycles. The number of nitrogens with two attached hydrogens (primary N) is 1. The van der Waals surface area contributed by atoms with Crippen LogP contribution in [0.2, 0.25) is 0 Å². The standard InChI is InChI=1S/C17H26FN5O/c1-13(2)16(24)20-7-8-21-17(19)23-11-9-22(10-12-23)15-5-3-14(18)4-6-15/h3-6,13H,7-12H2,1-2H3,(H2,19,21)(H,20,24). The van der Waals surface area contributed by atoms with Crippen LogP contribution in [0.4, 0.5) is 10.1 Å². The number of carbonyl (C=O) groups excluding carboxylic acids is 1. The van der Waals surface area contributed by atoms with Crippen LogP contribution in [0, 0.1) is 11.7 Å². The third kappa shape index (κ3) is 5.11. The second kappa shape index (κ2) is 8.52. The van der Waals surface area contributed by atoms with E-state index in [0.29, 0.717) is 19.0 Å². The summed E-state index contributed by atoms with van der Waals surface area (Å²) >= 11 is 0. The van der Waals surface area contributed by atoms with Gasteiger partial charge >= 0.3 is 0 Å². The number of carbonyl (C=O) groups is 1. The first-order valence-corrected chi connectivity index (χ1v) is 8.30. The smallest absolute Gasteiger partial charge is 0.222 e. The van der Waals surface area contributed by atoms with Crippen LogP contribution in [0.1, 0.15) is 13.8 Å². The molecule has 1 fully saturated rings. The second-order valence-corrected chi connectivity index (χ2v) is 6.14. The van der Waals surface area contributed by atoms with Gasteiger partial charge in [0.2, 0.25) is 5.91 Å². The lowest BCUT2D eigenvalue weighted by atomic mass is 10.2. The number of aliphatic imine (C=N–C) groups is 1. The second-order valence-electron chi connectivity index (χ2n) is 6.14. The van der Waals surface area contributed by atoms with Gasteiger partial charge in [-0.3, -0.25) is 9.79 Å².